The quantitative estimate of drug-likeness (QED) is 0.890. The maximum atomic E-state index is 6.17. The topological polar surface area (TPSA) is 42.7 Å². The van der Waals surface area contributed by atoms with Gasteiger partial charge >= 0.3 is 0 Å². The number of aromatic nitrogens is 3. The van der Waals surface area contributed by atoms with Crippen molar-refractivity contribution in [3.63, 3.8) is 0 Å². The second-order valence-corrected chi connectivity index (χ2v) is 4.02. The van der Waals surface area contributed by atoms with Crippen molar-refractivity contribution in [2.75, 3.05) is 5.32 Å². The summed E-state index contributed by atoms with van der Waals surface area (Å²) in [5.74, 6) is 0. The second-order valence-electron chi connectivity index (χ2n) is 3.64. The fourth-order valence-corrected chi connectivity index (χ4v) is 1.63. The predicted octanol–water partition coefficient (Wildman–Crippen LogP) is 2.39. The third-order valence-electron chi connectivity index (χ3n) is 2.46. The molecule has 2 aromatic rings. The highest BCUT2D eigenvalue weighted by atomic mass is 35.5. The number of anilines is 1. The molecule has 0 radical (unpaired) electrons. The summed E-state index contributed by atoms with van der Waals surface area (Å²) in [6.07, 6.45) is 1.73. The molecule has 1 N–H and O–H groups in total. The molecule has 1 aromatic heterocycles. The lowest BCUT2D eigenvalue weighted by molar-refractivity contribution is 0.683. The standard InChI is InChI=1S/C11H13ClN4/c1-8-4-3-5-10(11(8)12)13-6-9-7-14-15-16(9)2/h3-5,7,13H,6H2,1-2H3. The first kappa shape index (κ1) is 11.0. The molecule has 4 nitrogen and oxygen atoms in total. The summed E-state index contributed by atoms with van der Waals surface area (Å²) >= 11 is 6.17. The van der Waals surface area contributed by atoms with E-state index in [0.717, 1.165) is 22.0 Å². The number of benzene rings is 1. The number of rotatable bonds is 3. The van der Waals surface area contributed by atoms with E-state index in [0.29, 0.717) is 6.54 Å². The van der Waals surface area contributed by atoms with E-state index in [9.17, 15) is 0 Å². The van der Waals surface area contributed by atoms with E-state index in [2.05, 4.69) is 15.6 Å². The minimum absolute atomic E-state index is 0.659. The van der Waals surface area contributed by atoms with Gasteiger partial charge in [-0.05, 0) is 18.6 Å². The number of hydrogen-bond acceptors (Lipinski definition) is 3. The molecule has 84 valence electrons. The Kier molecular flexibility index (Phi) is 3.10. The van der Waals surface area contributed by atoms with Crippen LogP contribution in [0.2, 0.25) is 5.02 Å². The van der Waals surface area contributed by atoms with Crippen LogP contribution in [0.3, 0.4) is 0 Å². The average molecular weight is 237 g/mol. The molecule has 0 aliphatic carbocycles. The van der Waals surface area contributed by atoms with E-state index < -0.39 is 0 Å². The van der Waals surface area contributed by atoms with Crippen molar-refractivity contribution in [3.8, 4) is 0 Å². The van der Waals surface area contributed by atoms with Crippen LogP contribution in [0, 0.1) is 6.92 Å². The fourth-order valence-electron chi connectivity index (χ4n) is 1.44. The lowest BCUT2D eigenvalue weighted by Gasteiger charge is -2.09. The summed E-state index contributed by atoms with van der Waals surface area (Å²) in [7, 11) is 1.86. The number of nitrogens with zero attached hydrogens (tertiary/aromatic N) is 3. The summed E-state index contributed by atoms with van der Waals surface area (Å²) in [6, 6.07) is 5.92. The monoisotopic (exact) mass is 236 g/mol. The smallest absolute Gasteiger partial charge is 0.0774 e. The normalized spacial score (nSPS) is 10.4. The SMILES string of the molecule is Cc1cccc(NCc2cnnn2C)c1Cl. The minimum atomic E-state index is 0.659. The lowest BCUT2D eigenvalue weighted by atomic mass is 10.2. The zero-order chi connectivity index (χ0) is 11.5. The Labute approximate surface area is 99.2 Å². The fraction of sp³-hybridized carbons (Fsp3) is 0.273. The van der Waals surface area contributed by atoms with Crippen molar-refractivity contribution in [1.82, 2.24) is 15.0 Å². The van der Waals surface area contributed by atoms with E-state index >= 15 is 0 Å². The van der Waals surface area contributed by atoms with Crippen LogP contribution in [0.4, 0.5) is 5.69 Å². The maximum absolute atomic E-state index is 6.17. The molecule has 0 spiro atoms. The first-order valence-electron chi connectivity index (χ1n) is 5.01. The summed E-state index contributed by atoms with van der Waals surface area (Å²) in [5.41, 5.74) is 3.01. The molecular weight excluding hydrogens is 224 g/mol. The van der Waals surface area contributed by atoms with Crippen LogP contribution in [0.5, 0.6) is 0 Å². The third-order valence-corrected chi connectivity index (χ3v) is 2.96. The van der Waals surface area contributed by atoms with Crippen molar-refractivity contribution in [1.29, 1.82) is 0 Å². The van der Waals surface area contributed by atoms with Crippen LogP contribution >= 0.6 is 11.6 Å². The molecule has 2 rings (SSSR count). The van der Waals surface area contributed by atoms with E-state index in [1.165, 1.54) is 0 Å². The number of hydrogen-bond donors (Lipinski definition) is 1. The Hall–Kier alpha value is -1.55. The molecule has 0 fully saturated rings. The third kappa shape index (κ3) is 2.17. The molecule has 16 heavy (non-hydrogen) atoms. The summed E-state index contributed by atoms with van der Waals surface area (Å²) in [4.78, 5) is 0. The number of nitrogens with one attached hydrogen (secondary N) is 1. The van der Waals surface area contributed by atoms with Gasteiger partial charge in [0.15, 0.2) is 0 Å². The highest BCUT2D eigenvalue weighted by Gasteiger charge is 2.04. The Balaban J connectivity index is 2.11. The largest absolute Gasteiger partial charge is 0.378 e. The summed E-state index contributed by atoms with van der Waals surface area (Å²) < 4.78 is 1.73. The molecule has 0 amide bonds. The maximum Gasteiger partial charge on any atom is 0.0774 e. The zero-order valence-corrected chi connectivity index (χ0v) is 9.99. The van der Waals surface area contributed by atoms with Gasteiger partial charge in [0, 0.05) is 7.05 Å². The molecule has 1 aromatic carbocycles. The van der Waals surface area contributed by atoms with Crippen LogP contribution in [-0.2, 0) is 13.6 Å². The molecule has 0 unspecified atom stereocenters. The Bertz CT molecular complexity index is 492. The molecule has 0 saturated heterocycles. The van der Waals surface area contributed by atoms with Gasteiger partial charge in [0.05, 0.1) is 29.1 Å². The van der Waals surface area contributed by atoms with Crippen LogP contribution in [-0.4, -0.2) is 15.0 Å². The van der Waals surface area contributed by atoms with Crippen molar-refractivity contribution in [3.05, 3.63) is 40.7 Å². The summed E-state index contributed by atoms with van der Waals surface area (Å²) in [5, 5.41) is 11.7. The summed E-state index contributed by atoms with van der Waals surface area (Å²) in [6.45, 7) is 2.64. The highest BCUT2D eigenvalue weighted by Crippen LogP contribution is 2.25. The van der Waals surface area contributed by atoms with Gasteiger partial charge in [-0.25, -0.2) is 0 Å². The Morgan fingerprint density at radius 2 is 2.25 bits per heavy atom. The van der Waals surface area contributed by atoms with E-state index in [-0.39, 0.29) is 0 Å². The van der Waals surface area contributed by atoms with Crippen molar-refractivity contribution < 1.29 is 0 Å². The van der Waals surface area contributed by atoms with Crippen molar-refractivity contribution >= 4 is 17.3 Å². The van der Waals surface area contributed by atoms with Gasteiger partial charge in [-0.2, -0.15) is 0 Å². The van der Waals surface area contributed by atoms with Gasteiger partial charge in [-0.3, -0.25) is 4.68 Å². The molecule has 0 saturated carbocycles. The minimum Gasteiger partial charge on any atom is -0.378 e. The molecule has 1 heterocycles. The molecule has 0 aliphatic rings. The second kappa shape index (κ2) is 4.53. The highest BCUT2D eigenvalue weighted by molar-refractivity contribution is 6.33. The van der Waals surface area contributed by atoms with E-state index in [4.69, 9.17) is 11.6 Å². The van der Waals surface area contributed by atoms with Crippen molar-refractivity contribution in [2.24, 2.45) is 7.05 Å². The molecule has 0 atom stereocenters. The van der Waals surface area contributed by atoms with Gasteiger partial charge in [-0.1, -0.05) is 28.9 Å². The number of halogens is 1. The predicted molar refractivity (Wildman–Crippen MR) is 64.5 cm³/mol. The van der Waals surface area contributed by atoms with Crippen molar-refractivity contribution in [2.45, 2.75) is 13.5 Å². The molecule has 5 heteroatoms. The van der Waals surface area contributed by atoms with Gasteiger partial charge in [0.25, 0.3) is 0 Å². The van der Waals surface area contributed by atoms with Gasteiger partial charge in [-0.15, -0.1) is 5.10 Å². The van der Waals surface area contributed by atoms with E-state index in [1.54, 1.807) is 10.9 Å². The van der Waals surface area contributed by atoms with Crippen LogP contribution in [0.1, 0.15) is 11.3 Å². The van der Waals surface area contributed by atoms with Crippen LogP contribution in [0.25, 0.3) is 0 Å². The molecular formula is C11H13ClN4. The first-order chi connectivity index (χ1) is 7.68. The number of aryl methyl sites for hydroxylation is 2. The van der Waals surface area contributed by atoms with Crippen LogP contribution in [0.15, 0.2) is 24.4 Å². The first-order valence-corrected chi connectivity index (χ1v) is 5.39. The lowest BCUT2D eigenvalue weighted by Crippen LogP contribution is -2.05. The van der Waals surface area contributed by atoms with Gasteiger partial charge in [0.2, 0.25) is 0 Å². The average Bonchev–Trinajstić information content (AvgIpc) is 2.67. The van der Waals surface area contributed by atoms with Gasteiger partial charge in [0.1, 0.15) is 0 Å². The van der Waals surface area contributed by atoms with E-state index in [1.807, 2.05) is 32.2 Å². The zero-order valence-electron chi connectivity index (χ0n) is 9.24. The Morgan fingerprint density at radius 3 is 2.94 bits per heavy atom. The Morgan fingerprint density at radius 1 is 1.44 bits per heavy atom. The molecule has 0 aliphatic heterocycles. The van der Waals surface area contributed by atoms with Gasteiger partial charge < -0.3 is 5.32 Å². The van der Waals surface area contributed by atoms with Crippen LogP contribution < -0.4 is 5.32 Å². The molecule has 0 bridgehead atoms.